The Kier molecular flexibility index (Phi) is 3.52. The zero-order chi connectivity index (χ0) is 15.0. The number of pyridine rings is 1. The maximum absolute atomic E-state index is 6.33. The van der Waals surface area contributed by atoms with Crippen LogP contribution in [0.15, 0.2) is 30.5 Å². The summed E-state index contributed by atoms with van der Waals surface area (Å²) in [6.45, 7) is 6.99. The van der Waals surface area contributed by atoms with Gasteiger partial charge in [0.05, 0.1) is 17.3 Å². The van der Waals surface area contributed by atoms with E-state index in [1.54, 1.807) is 6.20 Å². The SMILES string of the molecule is CC1CC(Oc2ccc(N)c3ncccc23)CC(C)(C)C1. The van der Waals surface area contributed by atoms with Crippen LogP contribution in [0, 0.1) is 11.3 Å². The highest BCUT2D eigenvalue weighted by Gasteiger charge is 2.33. The lowest BCUT2D eigenvalue weighted by molar-refractivity contribution is 0.0572. The molecule has 1 aliphatic rings. The standard InChI is InChI=1S/C18H24N2O/c1-12-9-13(11-18(2,3)10-12)21-16-7-6-15(19)17-14(16)5-4-8-20-17/h4-8,12-13H,9-11,19H2,1-3H3. The van der Waals surface area contributed by atoms with Crippen LogP contribution in [-0.2, 0) is 0 Å². The Morgan fingerprint density at radius 1 is 1.24 bits per heavy atom. The summed E-state index contributed by atoms with van der Waals surface area (Å²) in [6.07, 6.45) is 5.54. The highest BCUT2D eigenvalue weighted by molar-refractivity contribution is 5.93. The quantitative estimate of drug-likeness (QED) is 0.831. The lowest BCUT2D eigenvalue weighted by Crippen LogP contribution is -2.34. The highest BCUT2D eigenvalue weighted by Crippen LogP contribution is 2.41. The van der Waals surface area contributed by atoms with Crippen molar-refractivity contribution >= 4 is 16.6 Å². The minimum atomic E-state index is 0.274. The third kappa shape index (κ3) is 2.97. The van der Waals surface area contributed by atoms with Crippen molar-refractivity contribution in [1.82, 2.24) is 4.98 Å². The summed E-state index contributed by atoms with van der Waals surface area (Å²) in [5.41, 5.74) is 7.89. The van der Waals surface area contributed by atoms with Gasteiger partial charge in [0.15, 0.2) is 0 Å². The fourth-order valence-corrected chi connectivity index (χ4v) is 3.80. The monoisotopic (exact) mass is 284 g/mol. The van der Waals surface area contributed by atoms with Crippen molar-refractivity contribution in [2.75, 3.05) is 5.73 Å². The van der Waals surface area contributed by atoms with Gasteiger partial charge < -0.3 is 10.5 Å². The molecule has 0 spiro atoms. The second-order valence-corrected chi connectivity index (χ2v) is 7.21. The Balaban J connectivity index is 1.90. The first kappa shape index (κ1) is 14.2. The number of hydrogen-bond acceptors (Lipinski definition) is 3. The topological polar surface area (TPSA) is 48.1 Å². The van der Waals surface area contributed by atoms with Crippen LogP contribution in [0.4, 0.5) is 5.69 Å². The van der Waals surface area contributed by atoms with Crippen molar-refractivity contribution in [3.8, 4) is 5.75 Å². The maximum atomic E-state index is 6.33. The smallest absolute Gasteiger partial charge is 0.129 e. The fourth-order valence-electron chi connectivity index (χ4n) is 3.80. The Morgan fingerprint density at radius 3 is 2.81 bits per heavy atom. The third-order valence-electron chi connectivity index (χ3n) is 4.40. The van der Waals surface area contributed by atoms with Crippen LogP contribution in [-0.4, -0.2) is 11.1 Å². The summed E-state index contributed by atoms with van der Waals surface area (Å²) < 4.78 is 6.33. The predicted molar refractivity (Wildman–Crippen MR) is 87.4 cm³/mol. The molecule has 3 rings (SSSR count). The molecule has 2 unspecified atom stereocenters. The van der Waals surface area contributed by atoms with Gasteiger partial charge in [-0.05, 0) is 54.9 Å². The Hall–Kier alpha value is -1.77. The van der Waals surface area contributed by atoms with Gasteiger partial charge in [-0.15, -0.1) is 0 Å². The molecule has 0 amide bonds. The molecular formula is C18H24N2O. The average Bonchev–Trinajstić information content (AvgIpc) is 2.40. The maximum Gasteiger partial charge on any atom is 0.129 e. The van der Waals surface area contributed by atoms with Crippen LogP contribution in [0.5, 0.6) is 5.75 Å². The van der Waals surface area contributed by atoms with Crippen LogP contribution < -0.4 is 10.5 Å². The molecule has 1 fully saturated rings. The minimum absolute atomic E-state index is 0.274. The van der Waals surface area contributed by atoms with Crippen molar-refractivity contribution in [2.45, 2.75) is 46.1 Å². The molecule has 1 saturated carbocycles. The van der Waals surface area contributed by atoms with Gasteiger partial charge in [-0.1, -0.05) is 20.8 Å². The van der Waals surface area contributed by atoms with E-state index in [2.05, 4.69) is 25.8 Å². The van der Waals surface area contributed by atoms with Gasteiger partial charge >= 0.3 is 0 Å². The number of rotatable bonds is 2. The molecule has 1 aromatic carbocycles. The number of benzene rings is 1. The molecule has 3 heteroatoms. The lowest BCUT2D eigenvalue weighted by atomic mass is 9.71. The van der Waals surface area contributed by atoms with Gasteiger partial charge in [-0.2, -0.15) is 0 Å². The van der Waals surface area contributed by atoms with E-state index < -0.39 is 0 Å². The lowest BCUT2D eigenvalue weighted by Gasteiger charge is -2.39. The zero-order valence-electron chi connectivity index (χ0n) is 13.1. The average molecular weight is 284 g/mol. The van der Waals surface area contributed by atoms with Crippen molar-refractivity contribution in [2.24, 2.45) is 11.3 Å². The summed E-state index contributed by atoms with van der Waals surface area (Å²) in [4.78, 5) is 4.37. The van der Waals surface area contributed by atoms with Crippen molar-refractivity contribution in [1.29, 1.82) is 0 Å². The first-order valence-corrected chi connectivity index (χ1v) is 7.74. The summed E-state index contributed by atoms with van der Waals surface area (Å²) in [6, 6.07) is 7.83. The van der Waals surface area contributed by atoms with E-state index in [-0.39, 0.29) is 6.10 Å². The molecule has 0 bridgehead atoms. The van der Waals surface area contributed by atoms with Crippen LogP contribution in [0.25, 0.3) is 10.9 Å². The normalized spacial score (nSPS) is 24.9. The highest BCUT2D eigenvalue weighted by atomic mass is 16.5. The number of nitrogen functional groups attached to an aromatic ring is 1. The van der Waals surface area contributed by atoms with Gasteiger partial charge in [0.25, 0.3) is 0 Å². The summed E-state index contributed by atoms with van der Waals surface area (Å²) >= 11 is 0. The van der Waals surface area contributed by atoms with Gasteiger partial charge in [0, 0.05) is 11.6 Å². The van der Waals surface area contributed by atoms with E-state index in [0.717, 1.165) is 29.5 Å². The number of ether oxygens (including phenoxy) is 1. The molecule has 2 aromatic rings. The summed E-state index contributed by atoms with van der Waals surface area (Å²) in [5.74, 6) is 1.61. The number of nitrogens with two attached hydrogens (primary N) is 1. The van der Waals surface area contributed by atoms with E-state index >= 15 is 0 Å². The summed E-state index contributed by atoms with van der Waals surface area (Å²) in [5, 5.41) is 1.01. The molecule has 21 heavy (non-hydrogen) atoms. The van der Waals surface area contributed by atoms with E-state index in [0.29, 0.717) is 17.0 Å². The molecular weight excluding hydrogens is 260 g/mol. The van der Waals surface area contributed by atoms with Crippen LogP contribution in [0.1, 0.15) is 40.0 Å². The Bertz CT molecular complexity index is 651. The Morgan fingerprint density at radius 2 is 2.05 bits per heavy atom. The Labute approximate surface area is 126 Å². The zero-order valence-corrected chi connectivity index (χ0v) is 13.1. The molecule has 1 aliphatic carbocycles. The van der Waals surface area contributed by atoms with Gasteiger partial charge in [-0.3, -0.25) is 4.98 Å². The third-order valence-corrected chi connectivity index (χ3v) is 4.40. The number of aromatic nitrogens is 1. The van der Waals surface area contributed by atoms with Gasteiger partial charge in [0.1, 0.15) is 5.75 Å². The van der Waals surface area contributed by atoms with Gasteiger partial charge in [0.2, 0.25) is 0 Å². The first-order chi connectivity index (χ1) is 9.94. The molecule has 3 nitrogen and oxygen atoms in total. The second-order valence-electron chi connectivity index (χ2n) is 7.21. The molecule has 0 saturated heterocycles. The molecule has 2 N–H and O–H groups in total. The number of fused-ring (bicyclic) bond motifs is 1. The predicted octanol–water partition coefficient (Wildman–Crippen LogP) is 4.41. The first-order valence-electron chi connectivity index (χ1n) is 7.74. The number of anilines is 1. The summed E-state index contributed by atoms with van der Waals surface area (Å²) in [7, 11) is 0. The fraction of sp³-hybridized carbons (Fsp3) is 0.500. The van der Waals surface area contributed by atoms with Crippen LogP contribution in [0.3, 0.4) is 0 Å². The molecule has 0 radical (unpaired) electrons. The molecule has 2 atom stereocenters. The van der Waals surface area contributed by atoms with E-state index in [4.69, 9.17) is 10.5 Å². The van der Waals surface area contributed by atoms with E-state index in [1.807, 2.05) is 24.3 Å². The molecule has 1 heterocycles. The van der Waals surface area contributed by atoms with Crippen molar-refractivity contribution < 1.29 is 4.74 Å². The second kappa shape index (κ2) is 5.21. The molecule has 1 aromatic heterocycles. The van der Waals surface area contributed by atoms with Crippen LogP contribution in [0.2, 0.25) is 0 Å². The molecule has 112 valence electrons. The molecule has 0 aliphatic heterocycles. The van der Waals surface area contributed by atoms with E-state index in [1.165, 1.54) is 6.42 Å². The number of nitrogens with zero attached hydrogens (tertiary/aromatic N) is 1. The van der Waals surface area contributed by atoms with Gasteiger partial charge in [-0.25, -0.2) is 0 Å². The number of hydrogen-bond donors (Lipinski definition) is 1. The van der Waals surface area contributed by atoms with E-state index in [9.17, 15) is 0 Å². The largest absolute Gasteiger partial charge is 0.490 e. The van der Waals surface area contributed by atoms with Crippen LogP contribution >= 0.6 is 0 Å². The van der Waals surface area contributed by atoms with Crippen molar-refractivity contribution in [3.05, 3.63) is 30.5 Å². The minimum Gasteiger partial charge on any atom is -0.490 e. The van der Waals surface area contributed by atoms with Crippen molar-refractivity contribution in [3.63, 3.8) is 0 Å².